The first-order valence-corrected chi connectivity index (χ1v) is 5.35. The van der Waals surface area contributed by atoms with Crippen molar-refractivity contribution in [3.63, 3.8) is 0 Å². The smallest absolute Gasteiger partial charge is 0.346 e. The quantitative estimate of drug-likeness (QED) is 0.582. The van der Waals surface area contributed by atoms with Gasteiger partial charge in [-0.25, -0.2) is 4.79 Å². The monoisotopic (exact) mass is 268 g/mol. The van der Waals surface area contributed by atoms with Gasteiger partial charge in [-0.15, -0.1) is 0 Å². The summed E-state index contributed by atoms with van der Waals surface area (Å²) in [7, 11) is 0. The van der Waals surface area contributed by atoms with Gasteiger partial charge in [-0.1, -0.05) is 13.0 Å². The van der Waals surface area contributed by atoms with Crippen LogP contribution in [0.4, 0.5) is 5.69 Å². The number of carboxylic acids is 1. The predicted molar refractivity (Wildman–Crippen MR) is 64.0 cm³/mol. The van der Waals surface area contributed by atoms with E-state index in [2.05, 4.69) is 0 Å². The van der Waals surface area contributed by atoms with Crippen molar-refractivity contribution in [2.24, 2.45) is 5.73 Å². The molecule has 0 fully saturated rings. The molecule has 8 heteroatoms. The number of carbonyl (C=O) groups is 2. The zero-order valence-corrected chi connectivity index (χ0v) is 10.0. The minimum Gasteiger partial charge on any atom is -0.479 e. The number of hydrogen-bond acceptors (Lipinski definition) is 5. The van der Waals surface area contributed by atoms with Gasteiger partial charge in [0.2, 0.25) is 0 Å². The van der Waals surface area contributed by atoms with E-state index >= 15 is 0 Å². The molecule has 1 amide bonds. The molecule has 1 unspecified atom stereocenters. The van der Waals surface area contributed by atoms with Crippen molar-refractivity contribution < 1.29 is 24.4 Å². The third kappa shape index (κ3) is 3.18. The molecule has 0 spiro atoms. The van der Waals surface area contributed by atoms with Crippen LogP contribution in [0.2, 0.25) is 0 Å². The van der Waals surface area contributed by atoms with Crippen LogP contribution >= 0.6 is 0 Å². The molecule has 8 nitrogen and oxygen atoms in total. The molecular formula is C11H12N2O6. The van der Waals surface area contributed by atoms with Gasteiger partial charge in [-0.3, -0.25) is 14.9 Å². The summed E-state index contributed by atoms with van der Waals surface area (Å²) >= 11 is 0. The molecule has 1 rings (SSSR count). The number of amides is 1. The van der Waals surface area contributed by atoms with Crippen LogP contribution in [0.3, 0.4) is 0 Å². The van der Waals surface area contributed by atoms with Crippen molar-refractivity contribution in [3.8, 4) is 5.75 Å². The van der Waals surface area contributed by atoms with E-state index in [1.54, 1.807) is 6.92 Å². The van der Waals surface area contributed by atoms with Crippen molar-refractivity contribution in [1.29, 1.82) is 0 Å². The molecule has 1 aromatic rings. The Kier molecular flexibility index (Phi) is 4.41. The Hall–Kier alpha value is -2.64. The lowest BCUT2D eigenvalue weighted by atomic mass is 10.1. The largest absolute Gasteiger partial charge is 0.479 e. The number of nitro groups is 1. The van der Waals surface area contributed by atoms with Crippen LogP contribution in [-0.2, 0) is 4.79 Å². The van der Waals surface area contributed by atoms with Crippen molar-refractivity contribution in [2.75, 3.05) is 0 Å². The molecule has 0 aliphatic rings. The van der Waals surface area contributed by atoms with Crippen LogP contribution < -0.4 is 10.5 Å². The third-order valence-corrected chi connectivity index (χ3v) is 2.37. The summed E-state index contributed by atoms with van der Waals surface area (Å²) < 4.78 is 5.15. The lowest BCUT2D eigenvalue weighted by Crippen LogP contribution is -2.33. The van der Waals surface area contributed by atoms with Gasteiger partial charge in [-0.05, 0) is 12.5 Å². The number of carboxylic acid groups (broad SMARTS) is 1. The highest BCUT2D eigenvalue weighted by molar-refractivity contribution is 5.95. The summed E-state index contributed by atoms with van der Waals surface area (Å²) in [6.45, 7) is 1.62. The van der Waals surface area contributed by atoms with Gasteiger partial charge < -0.3 is 15.6 Å². The van der Waals surface area contributed by atoms with E-state index < -0.39 is 34.2 Å². The first kappa shape index (κ1) is 14.4. The summed E-state index contributed by atoms with van der Waals surface area (Å²) in [5.74, 6) is -2.54. The number of primary amides is 1. The average molecular weight is 268 g/mol. The summed E-state index contributed by atoms with van der Waals surface area (Å²) in [4.78, 5) is 32.1. The molecule has 0 saturated carbocycles. The van der Waals surface area contributed by atoms with E-state index in [4.69, 9.17) is 15.6 Å². The number of benzene rings is 1. The topological polar surface area (TPSA) is 133 Å². The van der Waals surface area contributed by atoms with Crippen LogP contribution in [0.25, 0.3) is 0 Å². The fourth-order valence-corrected chi connectivity index (χ4v) is 1.48. The van der Waals surface area contributed by atoms with Crippen LogP contribution in [0, 0.1) is 10.1 Å². The molecule has 0 aliphatic heterocycles. The summed E-state index contributed by atoms with van der Waals surface area (Å²) in [6.07, 6.45) is -0.822. The molecule has 1 atom stereocenters. The molecule has 0 radical (unpaired) electrons. The first-order chi connectivity index (χ1) is 8.88. The van der Waals surface area contributed by atoms with Crippen molar-refractivity contribution in [1.82, 2.24) is 0 Å². The van der Waals surface area contributed by atoms with Gasteiger partial charge in [0.25, 0.3) is 11.6 Å². The second-order valence-electron chi connectivity index (χ2n) is 3.63. The SMILES string of the molecule is CCC(Oc1cccc([N+](=O)[O-])c1C(=O)O)C(N)=O. The lowest BCUT2D eigenvalue weighted by molar-refractivity contribution is -0.385. The minimum absolute atomic E-state index is 0.219. The maximum Gasteiger partial charge on any atom is 0.346 e. The summed E-state index contributed by atoms with van der Waals surface area (Å²) in [5, 5.41) is 19.8. The number of ether oxygens (including phenoxy) is 1. The Balaban J connectivity index is 3.27. The van der Waals surface area contributed by atoms with Crippen molar-refractivity contribution >= 4 is 17.6 Å². The number of hydrogen-bond donors (Lipinski definition) is 2. The average Bonchev–Trinajstić information content (AvgIpc) is 2.34. The number of rotatable bonds is 6. The van der Waals surface area contributed by atoms with E-state index in [1.165, 1.54) is 12.1 Å². The van der Waals surface area contributed by atoms with Gasteiger partial charge >= 0.3 is 5.97 Å². The fraction of sp³-hybridized carbons (Fsp3) is 0.273. The Labute approximate surface area is 107 Å². The molecule has 19 heavy (non-hydrogen) atoms. The number of nitrogens with two attached hydrogens (primary N) is 1. The standard InChI is InChI=1S/C11H12N2O6/c1-2-7(10(12)14)19-8-5-3-4-6(13(17)18)9(8)11(15)16/h3-5,7H,2H2,1H3,(H2,12,14)(H,15,16). The molecule has 1 aromatic carbocycles. The fourth-order valence-electron chi connectivity index (χ4n) is 1.48. The van der Waals surface area contributed by atoms with Gasteiger partial charge in [0.1, 0.15) is 5.75 Å². The van der Waals surface area contributed by atoms with Crippen LogP contribution in [0.5, 0.6) is 5.75 Å². The Morgan fingerprint density at radius 2 is 2.16 bits per heavy atom. The summed E-state index contributed by atoms with van der Waals surface area (Å²) in [6, 6.07) is 3.55. The zero-order chi connectivity index (χ0) is 14.6. The normalized spacial score (nSPS) is 11.6. The molecule has 0 bridgehead atoms. The number of aromatic carboxylic acids is 1. The van der Waals surface area contributed by atoms with E-state index in [9.17, 15) is 19.7 Å². The van der Waals surface area contributed by atoms with E-state index in [1.807, 2.05) is 0 Å². The van der Waals surface area contributed by atoms with E-state index in [0.29, 0.717) is 0 Å². The van der Waals surface area contributed by atoms with E-state index in [-0.39, 0.29) is 12.2 Å². The highest BCUT2D eigenvalue weighted by atomic mass is 16.6. The van der Waals surface area contributed by atoms with Crippen molar-refractivity contribution in [2.45, 2.75) is 19.4 Å². The molecule has 0 aromatic heterocycles. The van der Waals surface area contributed by atoms with E-state index in [0.717, 1.165) is 6.07 Å². The van der Waals surface area contributed by atoms with Gasteiger partial charge in [0.05, 0.1) is 4.92 Å². The molecule has 102 valence electrons. The highest BCUT2D eigenvalue weighted by Gasteiger charge is 2.27. The number of nitrogens with zero attached hydrogens (tertiary/aromatic N) is 1. The molecule has 0 heterocycles. The van der Waals surface area contributed by atoms with Crippen LogP contribution in [0.1, 0.15) is 23.7 Å². The Morgan fingerprint density at radius 1 is 1.53 bits per heavy atom. The highest BCUT2D eigenvalue weighted by Crippen LogP contribution is 2.29. The van der Waals surface area contributed by atoms with Gasteiger partial charge in [0, 0.05) is 6.07 Å². The molecule has 3 N–H and O–H groups in total. The lowest BCUT2D eigenvalue weighted by Gasteiger charge is -2.15. The maximum atomic E-state index is 11.1. The second-order valence-corrected chi connectivity index (χ2v) is 3.63. The van der Waals surface area contributed by atoms with Crippen LogP contribution in [0.15, 0.2) is 18.2 Å². The minimum atomic E-state index is -1.51. The summed E-state index contributed by atoms with van der Waals surface area (Å²) in [5.41, 5.74) is 3.86. The molecular weight excluding hydrogens is 256 g/mol. The molecule has 0 saturated heterocycles. The number of nitro benzene ring substituents is 1. The predicted octanol–water partition coefficient (Wildman–Crippen LogP) is 0.936. The Morgan fingerprint density at radius 3 is 2.58 bits per heavy atom. The Bertz CT molecular complexity index is 528. The number of carbonyl (C=O) groups excluding carboxylic acids is 1. The van der Waals surface area contributed by atoms with Gasteiger partial charge in [0.15, 0.2) is 11.7 Å². The van der Waals surface area contributed by atoms with Gasteiger partial charge in [-0.2, -0.15) is 0 Å². The third-order valence-electron chi connectivity index (χ3n) is 2.37. The zero-order valence-electron chi connectivity index (χ0n) is 10.0. The van der Waals surface area contributed by atoms with Crippen molar-refractivity contribution in [3.05, 3.63) is 33.9 Å². The molecule has 0 aliphatic carbocycles. The first-order valence-electron chi connectivity index (χ1n) is 5.35. The van der Waals surface area contributed by atoms with Crippen LogP contribution in [-0.4, -0.2) is 28.0 Å². The maximum absolute atomic E-state index is 11.1. The second kappa shape index (κ2) is 5.80.